The Morgan fingerprint density at radius 2 is 0.921 bits per heavy atom. The molecule has 0 aliphatic heterocycles. The van der Waals surface area contributed by atoms with Gasteiger partial charge in [0, 0.05) is 39.6 Å². The van der Waals surface area contributed by atoms with Crippen LogP contribution in [0.25, 0.3) is 34.4 Å². The Kier molecular flexibility index (Phi) is 8.28. The van der Waals surface area contributed by atoms with Crippen LogP contribution in [-0.2, 0) is 4.79 Å². The highest BCUT2D eigenvalue weighted by Crippen LogP contribution is 2.29. The predicted octanol–water partition coefficient (Wildman–Crippen LogP) is 8.07. The molecule has 192 valence electrons. The van der Waals surface area contributed by atoms with Gasteiger partial charge in [0.2, 0.25) is 0 Å². The Labute approximate surface area is 227 Å². The van der Waals surface area contributed by atoms with Gasteiger partial charge in [-0.25, -0.2) is 0 Å². The van der Waals surface area contributed by atoms with Crippen LogP contribution in [0.15, 0.2) is 97.1 Å². The van der Waals surface area contributed by atoms with Crippen LogP contribution < -0.4 is 9.80 Å². The summed E-state index contributed by atoms with van der Waals surface area (Å²) in [6, 6.07) is 29.7. The molecule has 0 aliphatic rings. The van der Waals surface area contributed by atoms with E-state index in [0.29, 0.717) is 0 Å². The second-order valence-electron chi connectivity index (χ2n) is 10.1. The van der Waals surface area contributed by atoms with E-state index in [1.807, 2.05) is 40.3 Å². The molecule has 3 nitrogen and oxygen atoms in total. The molecular weight excluding hydrogens is 464 g/mol. The number of carbonyl (C=O) groups is 1. The van der Waals surface area contributed by atoms with Crippen molar-refractivity contribution < 1.29 is 4.79 Å². The van der Waals surface area contributed by atoms with Crippen molar-refractivity contribution in [2.24, 2.45) is 0 Å². The van der Waals surface area contributed by atoms with Crippen LogP contribution in [0.3, 0.4) is 0 Å². The van der Waals surface area contributed by atoms with Gasteiger partial charge in [-0.3, -0.25) is 4.79 Å². The third-order valence-electron chi connectivity index (χ3n) is 6.66. The first-order chi connectivity index (χ1) is 18.2. The first-order valence-electron chi connectivity index (χ1n) is 12.9. The number of allylic oxidation sites excluding steroid dienone is 2. The Bertz CT molecular complexity index is 1360. The molecule has 0 fully saturated rings. The van der Waals surface area contributed by atoms with E-state index in [2.05, 4.69) is 109 Å². The summed E-state index contributed by atoms with van der Waals surface area (Å²) < 4.78 is 0. The van der Waals surface area contributed by atoms with Crippen molar-refractivity contribution >= 4 is 29.3 Å². The average molecular weight is 501 g/mol. The van der Waals surface area contributed by atoms with Gasteiger partial charge >= 0.3 is 0 Å². The number of carbonyl (C=O) groups excluding carboxylic acids is 1. The Balaban J connectivity index is 1.57. The molecule has 0 saturated heterocycles. The molecule has 0 radical (unpaired) electrons. The monoisotopic (exact) mass is 500 g/mol. The standard InChI is InChI=1S/C35H36N2O/c1-25-7-9-27(34(23-25)29-11-17-31(18-12-29)36(3)4)15-21-33(38)22-16-28-10-8-26(2)24-35(28)30-13-19-32(20-14-30)37(5)6/h7-24H,1-6H3/b21-15+,22-16+. The third kappa shape index (κ3) is 6.49. The summed E-state index contributed by atoms with van der Waals surface area (Å²) in [5.74, 6) is -0.0473. The predicted molar refractivity (Wildman–Crippen MR) is 165 cm³/mol. The average Bonchev–Trinajstić information content (AvgIpc) is 2.91. The molecule has 0 saturated carbocycles. The zero-order chi connectivity index (χ0) is 27.2. The van der Waals surface area contributed by atoms with E-state index in [9.17, 15) is 4.79 Å². The fourth-order valence-electron chi connectivity index (χ4n) is 4.41. The fraction of sp³-hybridized carbons (Fsp3) is 0.171. The number of rotatable bonds is 8. The van der Waals surface area contributed by atoms with Gasteiger partial charge in [-0.05, 0) is 83.6 Å². The summed E-state index contributed by atoms with van der Waals surface area (Å²) in [6.07, 6.45) is 7.13. The van der Waals surface area contributed by atoms with Crippen LogP contribution in [0.4, 0.5) is 11.4 Å². The number of aryl methyl sites for hydroxylation is 2. The van der Waals surface area contributed by atoms with Crippen LogP contribution in [0.5, 0.6) is 0 Å². The molecule has 38 heavy (non-hydrogen) atoms. The Morgan fingerprint density at radius 3 is 1.26 bits per heavy atom. The second-order valence-corrected chi connectivity index (χ2v) is 10.1. The van der Waals surface area contributed by atoms with Crippen molar-refractivity contribution in [3.05, 3.63) is 119 Å². The van der Waals surface area contributed by atoms with Gasteiger partial charge in [-0.2, -0.15) is 0 Å². The molecule has 0 aromatic heterocycles. The second kappa shape index (κ2) is 11.8. The van der Waals surface area contributed by atoms with Crippen molar-refractivity contribution in [2.45, 2.75) is 13.8 Å². The van der Waals surface area contributed by atoms with Crippen LogP contribution >= 0.6 is 0 Å². The summed E-state index contributed by atoms with van der Waals surface area (Å²) in [4.78, 5) is 17.0. The topological polar surface area (TPSA) is 23.6 Å². The Hall–Kier alpha value is -4.37. The van der Waals surface area contributed by atoms with E-state index >= 15 is 0 Å². The largest absolute Gasteiger partial charge is 0.378 e. The first-order valence-corrected chi connectivity index (χ1v) is 12.9. The van der Waals surface area contributed by atoms with Crippen molar-refractivity contribution in [2.75, 3.05) is 38.0 Å². The number of ketones is 1. The SMILES string of the molecule is Cc1ccc(/C=C/C(=O)/C=C/c2ccc(C)cc2-c2ccc(N(C)C)cc2)c(-c2ccc(N(C)C)cc2)c1. The zero-order valence-electron chi connectivity index (χ0n) is 23.2. The van der Waals surface area contributed by atoms with Crippen molar-refractivity contribution in [3.8, 4) is 22.3 Å². The third-order valence-corrected chi connectivity index (χ3v) is 6.66. The van der Waals surface area contributed by atoms with Gasteiger partial charge < -0.3 is 9.80 Å². The highest BCUT2D eigenvalue weighted by molar-refractivity contribution is 6.05. The molecule has 3 heteroatoms. The van der Waals surface area contributed by atoms with Gasteiger partial charge in [0.15, 0.2) is 5.78 Å². The minimum atomic E-state index is -0.0473. The summed E-state index contributed by atoms with van der Waals surface area (Å²) in [5, 5.41) is 0. The van der Waals surface area contributed by atoms with Crippen LogP contribution in [0, 0.1) is 13.8 Å². The van der Waals surface area contributed by atoms with Gasteiger partial charge in [-0.1, -0.05) is 83.9 Å². The first kappa shape index (κ1) is 26.7. The van der Waals surface area contributed by atoms with Gasteiger partial charge in [0.1, 0.15) is 0 Å². The summed E-state index contributed by atoms with van der Waals surface area (Å²) in [5.41, 5.74) is 11.2. The lowest BCUT2D eigenvalue weighted by Gasteiger charge is -2.14. The number of hydrogen-bond acceptors (Lipinski definition) is 3. The van der Waals surface area contributed by atoms with Crippen LogP contribution in [0.1, 0.15) is 22.3 Å². The molecule has 4 aromatic rings. The highest BCUT2D eigenvalue weighted by atomic mass is 16.1. The maximum absolute atomic E-state index is 12.9. The number of benzene rings is 4. The van der Waals surface area contributed by atoms with Crippen LogP contribution in [0.2, 0.25) is 0 Å². The lowest BCUT2D eigenvalue weighted by Crippen LogP contribution is -2.07. The van der Waals surface area contributed by atoms with E-state index in [4.69, 9.17) is 0 Å². The molecule has 0 atom stereocenters. The smallest absolute Gasteiger partial charge is 0.178 e. The number of hydrogen-bond donors (Lipinski definition) is 0. The normalized spacial score (nSPS) is 11.3. The summed E-state index contributed by atoms with van der Waals surface area (Å²) in [6.45, 7) is 4.18. The molecule has 0 amide bonds. The lowest BCUT2D eigenvalue weighted by atomic mass is 9.96. The molecule has 0 heterocycles. The van der Waals surface area contributed by atoms with Gasteiger partial charge in [-0.15, -0.1) is 0 Å². The molecule has 4 rings (SSSR count). The van der Waals surface area contributed by atoms with Crippen LogP contribution in [-0.4, -0.2) is 34.0 Å². The van der Waals surface area contributed by atoms with Gasteiger partial charge in [0.05, 0.1) is 0 Å². The van der Waals surface area contributed by atoms with Crippen molar-refractivity contribution in [1.82, 2.24) is 0 Å². The molecule has 0 aliphatic carbocycles. The molecule has 4 aromatic carbocycles. The Morgan fingerprint density at radius 1 is 0.553 bits per heavy atom. The van der Waals surface area contributed by atoms with E-state index < -0.39 is 0 Å². The van der Waals surface area contributed by atoms with Crippen molar-refractivity contribution in [1.29, 1.82) is 0 Å². The molecule has 0 bridgehead atoms. The van der Waals surface area contributed by atoms with Gasteiger partial charge in [0.25, 0.3) is 0 Å². The minimum Gasteiger partial charge on any atom is -0.378 e. The highest BCUT2D eigenvalue weighted by Gasteiger charge is 2.07. The maximum atomic E-state index is 12.9. The fourth-order valence-corrected chi connectivity index (χ4v) is 4.41. The quantitative estimate of drug-likeness (QED) is 0.229. The maximum Gasteiger partial charge on any atom is 0.178 e. The number of nitrogens with zero attached hydrogens (tertiary/aromatic N) is 2. The summed E-state index contributed by atoms with van der Waals surface area (Å²) in [7, 11) is 8.15. The van der Waals surface area contributed by atoms with E-state index in [0.717, 1.165) is 44.8 Å². The summed E-state index contributed by atoms with van der Waals surface area (Å²) >= 11 is 0. The number of anilines is 2. The molecule has 0 unspecified atom stereocenters. The molecule has 0 N–H and O–H groups in total. The molecular formula is C35H36N2O. The van der Waals surface area contributed by atoms with E-state index in [1.165, 1.54) is 11.1 Å². The minimum absolute atomic E-state index is 0.0473. The lowest BCUT2D eigenvalue weighted by molar-refractivity contribution is -0.110. The van der Waals surface area contributed by atoms with Crippen molar-refractivity contribution in [3.63, 3.8) is 0 Å². The zero-order valence-corrected chi connectivity index (χ0v) is 23.2. The van der Waals surface area contributed by atoms with E-state index in [1.54, 1.807) is 12.2 Å². The van der Waals surface area contributed by atoms with E-state index in [-0.39, 0.29) is 5.78 Å². The molecule has 0 spiro atoms.